The van der Waals surface area contributed by atoms with Gasteiger partial charge in [-0.15, -0.1) is 12.4 Å². The molecule has 0 aromatic carbocycles. The van der Waals surface area contributed by atoms with Crippen LogP contribution < -0.4 is 10.6 Å². The van der Waals surface area contributed by atoms with Gasteiger partial charge in [-0.2, -0.15) is 0 Å². The molecule has 142 valence electrons. The third-order valence-corrected chi connectivity index (χ3v) is 5.18. The van der Waals surface area contributed by atoms with E-state index in [0.717, 1.165) is 65.3 Å². The summed E-state index contributed by atoms with van der Waals surface area (Å²) in [5.41, 5.74) is 0. The summed E-state index contributed by atoms with van der Waals surface area (Å²) in [5, 5.41) is 6.42. The van der Waals surface area contributed by atoms with Gasteiger partial charge < -0.3 is 20.1 Å². The molecule has 2 saturated heterocycles. The average Bonchev–Trinajstić information content (AvgIpc) is 2.59. The topological polar surface area (TPSA) is 59.6 Å². The van der Waals surface area contributed by atoms with E-state index in [1.165, 1.54) is 12.8 Å². The molecule has 2 fully saturated rings. The van der Waals surface area contributed by atoms with Crippen molar-refractivity contribution < 1.29 is 14.3 Å². The summed E-state index contributed by atoms with van der Waals surface area (Å²) in [7, 11) is 0. The van der Waals surface area contributed by atoms with Gasteiger partial charge in [-0.3, -0.25) is 4.79 Å². The number of rotatable bonds is 9. The normalized spacial score (nSPS) is 21.0. The summed E-state index contributed by atoms with van der Waals surface area (Å²) < 4.78 is 11.1. The van der Waals surface area contributed by atoms with Crippen LogP contribution in [0.15, 0.2) is 0 Å². The molecule has 1 atom stereocenters. The summed E-state index contributed by atoms with van der Waals surface area (Å²) in [6.07, 6.45) is 6.20. The minimum atomic E-state index is 0. The Balaban J connectivity index is 0.00000288. The quantitative estimate of drug-likeness (QED) is 0.618. The molecule has 5 nitrogen and oxygen atoms in total. The van der Waals surface area contributed by atoms with Gasteiger partial charge in [0.05, 0.1) is 0 Å². The SMILES string of the molecule is CC(CC(=O)NCCCOCC1CCOCC1)C1CCNCC1.Cl. The maximum absolute atomic E-state index is 12.0. The van der Waals surface area contributed by atoms with Crippen molar-refractivity contribution in [2.75, 3.05) is 46.1 Å². The maximum Gasteiger partial charge on any atom is 0.220 e. The monoisotopic (exact) mass is 362 g/mol. The Morgan fingerprint density at radius 2 is 1.96 bits per heavy atom. The average molecular weight is 363 g/mol. The van der Waals surface area contributed by atoms with Crippen LogP contribution in [-0.4, -0.2) is 52.0 Å². The third-order valence-electron chi connectivity index (χ3n) is 5.18. The van der Waals surface area contributed by atoms with E-state index in [2.05, 4.69) is 17.6 Å². The zero-order valence-electron chi connectivity index (χ0n) is 15.1. The van der Waals surface area contributed by atoms with Gasteiger partial charge >= 0.3 is 0 Å². The molecular weight excluding hydrogens is 328 g/mol. The molecule has 6 heteroatoms. The second-order valence-electron chi connectivity index (χ2n) is 7.10. The van der Waals surface area contributed by atoms with Gasteiger partial charge in [0, 0.05) is 39.4 Å². The van der Waals surface area contributed by atoms with Gasteiger partial charge in [0.25, 0.3) is 0 Å². The van der Waals surface area contributed by atoms with E-state index in [9.17, 15) is 4.79 Å². The van der Waals surface area contributed by atoms with Crippen molar-refractivity contribution in [3.63, 3.8) is 0 Å². The minimum Gasteiger partial charge on any atom is -0.381 e. The molecule has 2 aliphatic heterocycles. The van der Waals surface area contributed by atoms with E-state index in [0.29, 0.717) is 24.2 Å². The molecule has 0 radical (unpaired) electrons. The van der Waals surface area contributed by atoms with Crippen molar-refractivity contribution in [2.24, 2.45) is 17.8 Å². The molecule has 0 aliphatic carbocycles. The van der Waals surface area contributed by atoms with Crippen LogP contribution in [-0.2, 0) is 14.3 Å². The van der Waals surface area contributed by atoms with Gasteiger partial charge in [-0.05, 0) is 62.9 Å². The minimum absolute atomic E-state index is 0. The van der Waals surface area contributed by atoms with Crippen LogP contribution >= 0.6 is 12.4 Å². The second kappa shape index (κ2) is 12.9. The van der Waals surface area contributed by atoms with Gasteiger partial charge in [-0.25, -0.2) is 0 Å². The molecule has 0 aromatic heterocycles. The zero-order chi connectivity index (χ0) is 16.3. The van der Waals surface area contributed by atoms with Crippen LogP contribution in [0.2, 0.25) is 0 Å². The summed E-state index contributed by atoms with van der Waals surface area (Å²) in [5.74, 6) is 2.04. The Bertz CT molecular complexity index is 332. The van der Waals surface area contributed by atoms with E-state index in [1.54, 1.807) is 0 Å². The summed E-state index contributed by atoms with van der Waals surface area (Å²) >= 11 is 0. The Morgan fingerprint density at radius 3 is 2.67 bits per heavy atom. The summed E-state index contributed by atoms with van der Waals surface area (Å²) in [6.45, 7) is 8.46. The molecular formula is C18H35ClN2O3. The smallest absolute Gasteiger partial charge is 0.220 e. The first-order chi connectivity index (χ1) is 11.3. The summed E-state index contributed by atoms with van der Waals surface area (Å²) in [6, 6.07) is 0. The zero-order valence-corrected chi connectivity index (χ0v) is 15.9. The fourth-order valence-corrected chi connectivity index (χ4v) is 3.51. The summed E-state index contributed by atoms with van der Waals surface area (Å²) in [4.78, 5) is 12.0. The van der Waals surface area contributed by atoms with Crippen LogP contribution in [0.25, 0.3) is 0 Å². The fraction of sp³-hybridized carbons (Fsp3) is 0.944. The molecule has 0 aromatic rings. The number of piperidine rings is 1. The number of hydrogen-bond donors (Lipinski definition) is 2. The number of carbonyl (C=O) groups excluding carboxylic acids is 1. The maximum atomic E-state index is 12.0. The first-order valence-corrected chi connectivity index (χ1v) is 9.38. The second-order valence-corrected chi connectivity index (χ2v) is 7.10. The van der Waals surface area contributed by atoms with E-state index in [4.69, 9.17) is 9.47 Å². The lowest BCUT2D eigenvalue weighted by Crippen LogP contribution is -2.33. The van der Waals surface area contributed by atoms with Crippen LogP contribution in [0.5, 0.6) is 0 Å². The van der Waals surface area contributed by atoms with Crippen molar-refractivity contribution >= 4 is 18.3 Å². The molecule has 2 heterocycles. The predicted octanol–water partition coefficient (Wildman–Crippen LogP) is 2.38. The third kappa shape index (κ3) is 8.65. The highest BCUT2D eigenvalue weighted by Crippen LogP contribution is 2.24. The molecule has 2 N–H and O–H groups in total. The van der Waals surface area contributed by atoms with Gasteiger partial charge in [0.15, 0.2) is 0 Å². The fourth-order valence-electron chi connectivity index (χ4n) is 3.51. The number of ether oxygens (including phenoxy) is 2. The molecule has 0 bridgehead atoms. The standard InChI is InChI=1S/C18H34N2O3.ClH/c1-15(17-3-8-19-9-4-17)13-18(21)20-7-2-10-23-14-16-5-11-22-12-6-16;/h15-17,19H,2-14H2,1H3,(H,20,21);1H. The molecule has 0 spiro atoms. The Morgan fingerprint density at radius 1 is 1.25 bits per heavy atom. The highest BCUT2D eigenvalue weighted by atomic mass is 35.5. The highest BCUT2D eigenvalue weighted by Gasteiger charge is 2.21. The predicted molar refractivity (Wildman–Crippen MR) is 98.6 cm³/mol. The van der Waals surface area contributed by atoms with Gasteiger partial charge in [0.1, 0.15) is 0 Å². The largest absolute Gasteiger partial charge is 0.381 e. The lowest BCUT2D eigenvalue weighted by Gasteiger charge is -2.27. The number of carbonyl (C=O) groups is 1. The van der Waals surface area contributed by atoms with Crippen LogP contribution in [0.3, 0.4) is 0 Å². The lowest BCUT2D eigenvalue weighted by molar-refractivity contribution is -0.122. The molecule has 1 amide bonds. The number of nitrogens with one attached hydrogen (secondary N) is 2. The molecule has 2 aliphatic rings. The number of hydrogen-bond acceptors (Lipinski definition) is 4. The Labute approximate surface area is 153 Å². The van der Waals surface area contributed by atoms with Gasteiger partial charge in [0.2, 0.25) is 5.91 Å². The van der Waals surface area contributed by atoms with Gasteiger partial charge in [-0.1, -0.05) is 6.92 Å². The number of halogens is 1. The first-order valence-electron chi connectivity index (χ1n) is 9.38. The highest BCUT2D eigenvalue weighted by molar-refractivity contribution is 5.85. The van der Waals surface area contributed by atoms with Crippen molar-refractivity contribution in [3.8, 4) is 0 Å². The van der Waals surface area contributed by atoms with Crippen LogP contribution in [0, 0.1) is 17.8 Å². The molecule has 2 rings (SSSR count). The molecule has 24 heavy (non-hydrogen) atoms. The molecule has 1 unspecified atom stereocenters. The van der Waals surface area contributed by atoms with E-state index < -0.39 is 0 Å². The van der Waals surface area contributed by atoms with E-state index >= 15 is 0 Å². The lowest BCUT2D eigenvalue weighted by atomic mass is 9.84. The van der Waals surface area contributed by atoms with Crippen molar-refractivity contribution in [2.45, 2.75) is 45.4 Å². The number of amides is 1. The Kier molecular flexibility index (Phi) is 11.7. The first kappa shape index (κ1) is 21.7. The molecule has 0 saturated carbocycles. The van der Waals surface area contributed by atoms with Crippen molar-refractivity contribution in [3.05, 3.63) is 0 Å². The van der Waals surface area contributed by atoms with Crippen molar-refractivity contribution in [1.82, 2.24) is 10.6 Å². The van der Waals surface area contributed by atoms with E-state index in [-0.39, 0.29) is 18.3 Å². The van der Waals surface area contributed by atoms with E-state index in [1.807, 2.05) is 0 Å². The van der Waals surface area contributed by atoms with Crippen LogP contribution in [0.1, 0.15) is 45.4 Å². The van der Waals surface area contributed by atoms with Crippen LogP contribution in [0.4, 0.5) is 0 Å². The Hall–Kier alpha value is -0.360. The van der Waals surface area contributed by atoms with Crippen molar-refractivity contribution in [1.29, 1.82) is 0 Å².